The highest BCUT2D eigenvalue weighted by Gasteiger charge is 2.19. The second-order valence-corrected chi connectivity index (χ2v) is 6.10. The van der Waals surface area contributed by atoms with Crippen molar-refractivity contribution in [3.8, 4) is 0 Å². The molecule has 3 nitrogen and oxygen atoms in total. The van der Waals surface area contributed by atoms with E-state index in [1.54, 1.807) is 0 Å². The molecular weight excluding hydrogens is 246 g/mol. The summed E-state index contributed by atoms with van der Waals surface area (Å²) in [5.74, 6) is 0. The second-order valence-electron chi connectivity index (χ2n) is 6.10. The van der Waals surface area contributed by atoms with Crippen LogP contribution in [0.25, 0.3) is 0 Å². The summed E-state index contributed by atoms with van der Waals surface area (Å²) in [5, 5.41) is 3.69. The van der Waals surface area contributed by atoms with Gasteiger partial charge in [0.1, 0.15) is 0 Å². The van der Waals surface area contributed by atoms with Crippen molar-refractivity contribution in [2.24, 2.45) is 0 Å². The van der Waals surface area contributed by atoms with Crippen LogP contribution in [0, 0.1) is 0 Å². The molecule has 0 aromatic heterocycles. The topological polar surface area (TPSA) is 18.5 Å². The lowest BCUT2D eigenvalue weighted by molar-refractivity contribution is 0.233. The molecule has 1 aromatic rings. The highest BCUT2D eigenvalue weighted by molar-refractivity contribution is 5.29. The highest BCUT2D eigenvalue weighted by Crippen LogP contribution is 2.16. The zero-order chi connectivity index (χ0) is 14.4. The lowest BCUT2D eigenvalue weighted by Gasteiger charge is -2.31. The fourth-order valence-corrected chi connectivity index (χ4v) is 2.95. The number of hydrogen-bond donors (Lipinski definition) is 1. The Bertz CT molecular complexity index is 403. The van der Waals surface area contributed by atoms with Crippen LogP contribution in [0.3, 0.4) is 0 Å². The van der Waals surface area contributed by atoms with Crippen LogP contribution in [0.4, 0.5) is 0 Å². The van der Waals surface area contributed by atoms with Gasteiger partial charge in [0.2, 0.25) is 0 Å². The zero-order valence-corrected chi connectivity index (χ0v) is 13.2. The van der Waals surface area contributed by atoms with Gasteiger partial charge in [-0.2, -0.15) is 0 Å². The van der Waals surface area contributed by atoms with Crippen LogP contribution in [0.15, 0.2) is 24.3 Å². The Kier molecular flexibility index (Phi) is 6.02. The van der Waals surface area contributed by atoms with Gasteiger partial charge < -0.3 is 15.1 Å². The van der Waals surface area contributed by atoms with E-state index in [9.17, 15) is 0 Å². The van der Waals surface area contributed by atoms with Gasteiger partial charge in [-0.05, 0) is 57.7 Å². The molecule has 0 aliphatic carbocycles. The standard InChI is InChI=1S/C17H29N3/c1-4-20(11-7-10-19(2)3)14-17-12-15-8-5-6-9-16(15)13-18-17/h5-6,8-9,17-18H,4,7,10-14H2,1-3H3. The van der Waals surface area contributed by atoms with Crippen LogP contribution in [0.1, 0.15) is 24.5 Å². The third-order valence-electron chi connectivity index (χ3n) is 4.17. The van der Waals surface area contributed by atoms with Gasteiger partial charge in [-0.25, -0.2) is 0 Å². The Morgan fingerprint density at radius 2 is 1.90 bits per heavy atom. The molecule has 0 saturated carbocycles. The van der Waals surface area contributed by atoms with Crippen LogP contribution < -0.4 is 5.32 Å². The number of rotatable bonds is 7. The van der Waals surface area contributed by atoms with Crippen LogP contribution in [0.5, 0.6) is 0 Å². The van der Waals surface area contributed by atoms with E-state index in [1.807, 2.05) is 0 Å². The summed E-state index contributed by atoms with van der Waals surface area (Å²) < 4.78 is 0. The largest absolute Gasteiger partial charge is 0.309 e. The zero-order valence-electron chi connectivity index (χ0n) is 13.2. The van der Waals surface area contributed by atoms with Crippen molar-refractivity contribution in [1.82, 2.24) is 15.1 Å². The summed E-state index contributed by atoms with van der Waals surface area (Å²) in [6, 6.07) is 9.43. The van der Waals surface area contributed by atoms with E-state index >= 15 is 0 Å². The van der Waals surface area contributed by atoms with Gasteiger partial charge in [-0.3, -0.25) is 0 Å². The molecule has 112 valence electrons. The minimum absolute atomic E-state index is 0.601. The molecule has 0 saturated heterocycles. The normalized spacial score (nSPS) is 18.6. The van der Waals surface area contributed by atoms with E-state index in [0.717, 1.165) is 19.6 Å². The summed E-state index contributed by atoms with van der Waals surface area (Å²) in [7, 11) is 4.30. The Balaban J connectivity index is 1.80. The van der Waals surface area contributed by atoms with Gasteiger partial charge >= 0.3 is 0 Å². The molecule has 3 heteroatoms. The van der Waals surface area contributed by atoms with Crippen molar-refractivity contribution in [3.05, 3.63) is 35.4 Å². The van der Waals surface area contributed by atoms with Gasteiger partial charge in [-0.1, -0.05) is 31.2 Å². The first-order valence-corrected chi connectivity index (χ1v) is 7.86. The lowest BCUT2D eigenvalue weighted by atomic mass is 9.95. The van der Waals surface area contributed by atoms with Crippen molar-refractivity contribution in [2.45, 2.75) is 32.4 Å². The maximum Gasteiger partial charge on any atom is 0.0238 e. The fraction of sp³-hybridized carbons (Fsp3) is 0.647. The van der Waals surface area contributed by atoms with Crippen molar-refractivity contribution >= 4 is 0 Å². The van der Waals surface area contributed by atoms with Crippen molar-refractivity contribution in [2.75, 3.05) is 40.3 Å². The summed E-state index contributed by atoms with van der Waals surface area (Å²) in [4.78, 5) is 4.85. The van der Waals surface area contributed by atoms with Gasteiger partial charge in [0.25, 0.3) is 0 Å². The lowest BCUT2D eigenvalue weighted by Crippen LogP contribution is -2.45. The molecule has 1 aliphatic heterocycles. The molecule has 1 N–H and O–H groups in total. The van der Waals surface area contributed by atoms with Gasteiger partial charge in [0, 0.05) is 19.1 Å². The molecule has 1 unspecified atom stereocenters. The molecule has 1 aromatic carbocycles. The van der Waals surface area contributed by atoms with Crippen LogP contribution in [0.2, 0.25) is 0 Å². The summed E-state index contributed by atoms with van der Waals surface area (Å²) in [5.41, 5.74) is 3.00. The molecule has 0 radical (unpaired) electrons. The molecule has 1 heterocycles. The molecule has 0 bridgehead atoms. The number of fused-ring (bicyclic) bond motifs is 1. The number of benzene rings is 1. The summed E-state index contributed by atoms with van der Waals surface area (Å²) in [6.07, 6.45) is 2.42. The van der Waals surface area contributed by atoms with Crippen LogP contribution >= 0.6 is 0 Å². The Labute approximate surface area is 124 Å². The number of nitrogens with one attached hydrogen (secondary N) is 1. The molecule has 2 rings (SSSR count). The summed E-state index contributed by atoms with van der Waals surface area (Å²) >= 11 is 0. The molecule has 1 aliphatic rings. The number of nitrogens with zero attached hydrogens (tertiary/aromatic N) is 2. The minimum atomic E-state index is 0.601. The molecule has 0 fully saturated rings. The van der Waals surface area contributed by atoms with E-state index in [4.69, 9.17) is 0 Å². The number of likely N-dealkylation sites (N-methyl/N-ethyl adjacent to an activating group) is 1. The molecule has 20 heavy (non-hydrogen) atoms. The predicted octanol–water partition coefficient (Wildman–Crippen LogP) is 1.97. The van der Waals surface area contributed by atoms with E-state index in [0.29, 0.717) is 6.04 Å². The maximum atomic E-state index is 3.69. The average Bonchev–Trinajstić information content (AvgIpc) is 2.45. The van der Waals surface area contributed by atoms with E-state index in [2.05, 4.69) is 60.4 Å². The van der Waals surface area contributed by atoms with Gasteiger partial charge in [0.15, 0.2) is 0 Å². The average molecular weight is 275 g/mol. The first-order valence-electron chi connectivity index (χ1n) is 7.86. The maximum absolute atomic E-state index is 3.69. The van der Waals surface area contributed by atoms with Crippen LogP contribution in [-0.2, 0) is 13.0 Å². The Hall–Kier alpha value is -0.900. The predicted molar refractivity (Wildman–Crippen MR) is 86.1 cm³/mol. The van der Waals surface area contributed by atoms with Crippen LogP contribution in [-0.4, -0.2) is 56.1 Å². The van der Waals surface area contributed by atoms with Crippen molar-refractivity contribution in [1.29, 1.82) is 0 Å². The first kappa shape index (κ1) is 15.5. The van der Waals surface area contributed by atoms with E-state index < -0.39 is 0 Å². The molecular formula is C17H29N3. The van der Waals surface area contributed by atoms with E-state index in [-0.39, 0.29) is 0 Å². The quantitative estimate of drug-likeness (QED) is 0.821. The van der Waals surface area contributed by atoms with Gasteiger partial charge in [-0.15, -0.1) is 0 Å². The Morgan fingerprint density at radius 1 is 1.15 bits per heavy atom. The molecule has 0 amide bonds. The molecule has 0 spiro atoms. The van der Waals surface area contributed by atoms with Crippen molar-refractivity contribution in [3.63, 3.8) is 0 Å². The number of hydrogen-bond acceptors (Lipinski definition) is 3. The molecule has 1 atom stereocenters. The first-order chi connectivity index (χ1) is 9.69. The second kappa shape index (κ2) is 7.77. The smallest absolute Gasteiger partial charge is 0.0238 e. The third-order valence-corrected chi connectivity index (χ3v) is 4.17. The Morgan fingerprint density at radius 3 is 2.60 bits per heavy atom. The van der Waals surface area contributed by atoms with Gasteiger partial charge in [0.05, 0.1) is 0 Å². The fourth-order valence-electron chi connectivity index (χ4n) is 2.95. The van der Waals surface area contributed by atoms with E-state index in [1.165, 1.54) is 37.1 Å². The highest BCUT2D eigenvalue weighted by atomic mass is 15.2. The monoisotopic (exact) mass is 275 g/mol. The van der Waals surface area contributed by atoms with Crippen molar-refractivity contribution < 1.29 is 0 Å². The SMILES string of the molecule is CCN(CCCN(C)C)CC1Cc2ccccc2CN1. The minimum Gasteiger partial charge on any atom is -0.309 e. The summed E-state index contributed by atoms with van der Waals surface area (Å²) in [6.45, 7) is 7.99. The third kappa shape index (κ3) is 4.58.